The Hall–Kier alpha value is -0.980. The average molecular weight is 306 g/mol. The molecule has 20 heavy (non-hydrogen) atoms. The summed E-state index contributed by atoms with van der Waals surface area (Å²) < 4.78 is 5.28. The van der Waals surface area contributed by atoms with Crippen molar-refractivity contribution in [3.63, 3.8) is 0 Å². The van der Waals surface area contributed by atoms with Crippen molar-refractivity contribution >= 4 is 23.3 Å². The minimum absolute atomic E-state index is 0.530. The summed E-state index contributed by atoms with van der Waals surface area (Å²) >= 11 is 3.05. The third-order valence-corrected chi connectivity index (χ3v) is 5.35. The maximum absolute atomic E-state index is 5.88. The fraction of sp³-hybridized carbons (Fsp3) is 0.500. The van der Waals surface area contributed by atoms with Gasteiger partial charge in [0.05, 0.1) is 0 Å². The summed E-state index contributed by atoms with van der Waals surface area (Å²) in [7, 11) is 0. The number of nitrogens with zero attached hydrogens (tertiary/aromatic N) is 3. The number of pyridine rings is 1. The molecule has 0 amide bonds. The van der Waals surface area contributed by atoms with Crippen LogP contribution >= 0.6 is 23.3 Å². The van der Waals surface area contributed by atoms with Gasteiger partial charge in [-0.1, -0.05) is 13.0 Å². The molecule has 0 aliphatic heterocycles. The SMILES string of the molecule is CCc1nsc(Sc2nc3c(cc2CN)CCCC3)n1. The Morgan fingerprint density at radius 1 is 1.30 bits per heavy atom. The van der Waals surface area contributed by atoms with E-state index in [4.69, 9.17) is 10.7 Å². The number of hydrogen-bond donors (Lipinski definition) is 1. The Kier molecular flexibility index (Phi) is 4.33. The number of aryl methyl sites for hydroxylation is 3. The number of hydrogen-bond acceptors (Lipinski definition) is 6. The topological polar surface area (TPSA) is 64.7 Å². The molecule has 6 heteroatoms. The number of rotatable bonds is 4. The van der Waals surface area contributed by atoms with Gasteiger partial charge in [0, 0.05) is 18.7 Å². The van der Waals surface area contributed by atoms with Crippen LogP contribution in [0.1, 0.15) is 42.4 Å². The zero-order valence-corrected chi connectivity index (χ0v) is 13.2. The Bertz CT molecular complexity index is 609. The van der Waals surface area contributed by atoms with Crippen molar-refractivity contribution in [3.8, 4) is 0 Å². The van der Waals surface area contributed by atoms with Crippen molar-refractivity contribution in [3.05, 3.63) is 28.7 Å². The van der Waals surface area contributed by atoms with Gasteiger partial charge in [-0.15, -0.1) is 0 Å². The van der Waals surface area contributed by atoms with Crippen molar-refractivity contribution in [2.75, 3.05) is 0 Å². The van der Waals surface area contributed by atoms with Crippen molar-refractivity contribution in [1.29, 1.82) is 0 Å². The van der Waals surface area contributed by atoms with E-state index in [1.54, 1.807) is 11.8 Å². The van der Waals surface area contributed by atoms with Crippen LogP contribution in [-0.4, -0.2) is 14.3 Å². The summed E-state index contributed by atoms with van der Waals surface area (Å²) in [5.41, 5.74) is 9.64. The molecule has 0 saturated carbocycles. The van der Waals surface area contributed by atoms with Crippen LogP contribution in [0.25, 0.3) is 0 Å². The van der Waals surface area contributed by atoms with E-state index >= 15 is 0 Å². The van der Waals surface area contributed by atoms with Crippen LogP contribution in [0.3, 0.4) is 0 Å². The summed E-state index contributed by atoms with van der Waals surface area (Å²) in [6.45, 7) is 2.60. The lowest BCUT2D eigenvalue weighted by molar-refractivity contribution is 0.656. The van der Waals surface area contributed by atoms with E-state index in [9.17, 15) is 0 Å². The zero-order chi connectivity index (χ0) is 13.9. The molecule has 0 unspecified atom stereocenters. The van der Waals surface area contributed by atoms with Crippen LogP contribution in [0.5, 0.6) is 0 Å². The first-order valence-electron chi connectivity index (χ1n) is 7.02. The van der Waals surface area contributed by atoms with Gasteiger partial charge in [-0.25, -0.2) is 9.97 Å². The van der Waals surface area contributed by atoms with Gasteiger partial charge >= 0.3 is 0 Å². The van der Waals surface area contributed by atoms with Crippen molar-refractivity contribution in [2.24, 2.45) is 5.73 Å². The van der Waals surface area contributed by atoms with E-state index in [0.29, 0.717) is 6.54 Å². The van der Waals surface area contributed by atoms with Gasteiger partial charge in [-0.3, -0.25) is 0 Å². The molecular weight excluding hydrogens is 288 g/mol. The molecule has 0 radical (unpaired) electrons. The molecule has 0 fully saturated rings. The molecule has 0 atom stereocenters. The van der Waals surface area contributed by atoms with Crippen molar-refractivity contribution in [2.45, 2.75) is 54.9 Å². The summed E-state index contributed by atoms with van der Waals surface area (Å²) in [5.74, 6) is 0.907. The van der Waals surface area contributed by atoms with Crippen LogP contribution in [0, 0.1) is 0 Å². The summed E-state index contributed by atoms with van der Waals surface area (Å²) in [5, 5.41) is 1.01. The molecule has 106 valence electrons. The van der Waals surface area contributed by atoms with Crippen molar-refractivity contribution in [1.82, 2.24) is 14.3 Å². The van der Waals surface area contributed by atoms with E-state index in [1.807, 2.05) is 0 Å². The molecule has 3 rings (SSSR count). The van der Waals surface area contributed by atoms with Gasteiger partial charge in [0.15, 0.2) is 4.34 Å². The van der Waals surface area contributed by atoms with Crippen molar-refractivity contribution < 1.29 is 0 Å². The van der Waals surface area contributed by atoms with Gasteiger partial charge in [0.1, 0.15) is 10.9 Å². The van der Waals surface area contributed by atoms with E-state index in [2.05, 4.69) is 22.3 Å². The molecule has 2 aromatic rings. The molecule has 0 bridgehead atoms. The van der Waals surface area contributed by atoms with Crippen LogP contribution in [-0.2, 0) is 25.8 Å². The van der Waals surface area contributed by atoms with E-state index in [-0.39, 0.29) is 0 Å². The highest BCUT2D eigenvalue weighted by Crippen LogP contribution is 2.33. The predicted octanol–water partition coefficient (Wildman–Crippen LogP) is 2.98. The molecular formula is C14H18N4S2. The largest absolute Gasteiger partial charge is 0.326 e. The first-order chi connectivity index (χ1) is 9.80. The van der Waals surface area contributed by atoms with Gasteiger partial charge in [-0.2, -0.15) is 4.37 Å². The second kappa shape index (κ2) is 6.20. The Morgan fingerprint density at radius 3 is 2.90 bits per heavy atom. The molecule has 2 aromatic heterocycles. The summed E-state index contributed by atoms with van der Waals surface area (Å²) in [4.78, 5) is 9.34. The normalized spacial score (nSPS) is 14.3. The molecule has 0 spiro atoms. The quantitative estimate of drug-likeness (QED) is 0.940. The smallest absolute Gasteiger partial charge is 0.176 e. The molecule has 4 nitrogen and oxygen atoms in total. The lowest BCUT2D eigenvalue weighted by Gasteiger charge is -2.17. The lowest BCUT2D eigenvalue weighted by atomic mass is 9.95. The first-order valence-corrected chi connectivity index (χ1v) is 8.61. The molecule has 2 heterocycles. The maximum Gasteiger partial charge on any atom is 0.176 e. The number of nitrogens with two attached hydrogens (primary N) is 1. The van der Waals surface area contributed by atoms with Crippen LogP contribution in [0.2, 0.25) is 0 Å². The molecule has 0 aromatic carbocycles. The highest BCUT2D eigenvalue weighted by Gasteiger charge is 2.16. The van der Waals surface area contributed by atoms with Gasteiger partial charge in [-0.05, 0) is 60.1 Å². The van der Waals surface area contributed by atoms with Crippen LogP contribution in [0.4, 0.5) is 0 Å². The fourth-order valence-corrected chi connectivity index (χ4v) is 4.15. The first kappa shape index (κ1) is 14.0. The minimum atomic E-state index is 0.530. The Morgan fingerprint density at radius 2 is 2.15 bits per heavy atom. The van der Waals surface area contributed by atoms with Gasteiger partial charge in [0.2, 0.25) is 0 Å². The van der Waals surface area contributed by atoms with E-state index in [1.165, 1.54) is 35.6 Å². The predicted molar refractivity (Wildman–Crippen MR) is 82.2 cm³/mol. The molecule has 0 saturated heterocycles. The van der Waals surface area contributed by atoms with E-state index < -0.39 is 0 Å². The summed E-state index contributed by atoms with van der Waals surface area (Å²) in [6.07, 6.45) is 5.61. The molecule has 1 aliphatic carbocycles. The second-order valence-electron chi connectivity index (χ2n) is 4.90. The molecule has 1 aliphatic rings. The third kappa shape index (κ3) is 2.87. The minimum Gasteiger partial charge on any atom is -0.326 e. The third-order valence-electron chi connectivity index (χ3n) is 3.51. The number of fused-ring (bicyclic) bond motifs is 1. The lowest BCUT2D eigenvalue weighted by Crippen LogP contribution is -2.10. The highest BCUT2D eigenvalue weighted by molar-refractivity contribution is 8.00. The van der Waals surface area contributed by atoms with Crippen LogP contribution < -0.4 is 5.73 Å². The van der Waals surface area contributed by atoms with Gasteiger partial charge < -0.3 is 5.73 Å². The molecule has 2 N–H and O–H groups in total. The highest BCUT2D eigenvalue weighted by atomic mass is 32.2. The summed E-state index contributed by atoms with van der Waals surface area (Å²) in [6, 6.07) is 2.24. The van der Waals surface area contributed by atoms with Crippen LogP contribution in [0.15, 0.2) is 15.4 Å². The average Bonchev–Trinajstić information content (AvgIpc) is 2.94. The zero-order valence-electron chi connectivity index (χ0n) is 11.6. The standard InChI is InChI=1S/C14H18N4S2/c1-2-12-17-14(20-18-12)19-13-10(8-15)7-9-5-3-4-6-11(9)16-13/h7H,2-6,8,15H2,1H3. The Labute approximate surface area is 127 Å². The monoisotopic (exact) mass is 306 g/mol. The van der Waals surface area contributed by atoms with Gasteiger partial charge in [0.25, 0.3) is 0 Å². The Balaban J connectivity index is 1.91. The number of aromatic nitrogens is 3. The maximum atomic E-state index is 5.88. The second-order valence-corrected chi connectivity index (χ2v) is 6.89. The fourth-order valence-electron chi connectivity index (χ4n) is 2.40. The van der Waals surface area contributed by atoms with E-state index in [0.717, 1.165) is 40.0 Å².